The van der Waals surface area contributed by atoms with Gasteiger partial charge in [0.05, 0.1) is 18.8 Å². The second kappa shape index (κ2) is 22.7. The monoisotopic (exact) mass is 635 g/mol. The maximum atomic E-state index is 12.7. The van der Waals surface area contributed by atoms with Crippen molar-refractivity contribution in [3.8, 4) is 0 Å². The smallest absolute Gasteiger partial charge is 0.248 e. The number of aliphatic hydroxyl groups is 3. The Morgan fingerprint density at radius 3 is 2.45 bits per heavy atom. The van der Waals surface area contributed by atoms with Gasteiger partial charge in [-0.25, -0.2) is 0 Å². The van der Waals surface area contributed by atoms with Crippen LogP contribution in [0, 0.1) is 11.8 Å². The Bertz CT molecular complexity index is 964. The number of benzene rings is 1. The number of methoxy groups -OCH3 is 1. The van der Waals surface area contributed by atoms with E-state index in [0.29, 0.717) is 25.9 Å². The fraction of sp³-hybridized carbons (Fsp3) is 0.714. The largest absolute Gasteiger partial charge is 0.392 e. The fourth-order valence-corrected chi connectivity index (χ4v) is 6.65. The number of ether oxygens (including phenoxy) is 2. The molecule has 1 saturated carbocycles. The Kier molecular flexibility index (Phi) is 19.8. The van der Waals surface area contributed by atoms with E-state index >= 15 is 0 Å². The lowest BCUT2D eigenvalue weighted by Gasteiger charge is -2.23. The molecule has 0 spiro atoms. The van der Waals surface area contributed by atoms with Crippen LogP contribution in [0.4, 0.5) is 0 Å². The van der Waals surface area contributed by atoms with Crippen molar-refractivity contribution >= 4 is 23.5 Å². The van der Waals surface area contributed by atoms with Crippen molar-refractivity contribution in [3.63, 3.8) is 0 Å². The normalized spacial score (nSPS) is 20.0. The van der Waals surface area contributed by atoms with Crippen molar-refractivity contribution in [1.82, 2.24) is 4.90 Å². The first-order chi connectivity index (χ1) is 21.3. The van der Waals surface area contributed by atoms with Gasteiger partial charge in [-0.15, -0.1) is 0 Å². The Hall–Kier alpha value is -1.75. The minimum atomic E-state index is -0.970. The van der Waals surface area contributed by atoms with Crippen LogP contribution in [0.5, 0.6) is 0 Å². The van der Waals surface area contributed by atoms with Crippen molar-refractivity contribution in [2.75, 3.05) is 38.3 Å². The van der Waals surface area contributed by atoms with Gasteiger partial charge in [-0.1, -0.05) is 75.9 Å². The fourth-order valence-electron chi connectivity index (χ4n) is 5.65. The Morgan fingerprint density at radius 1 is 1.07 bits per heavy atom. The summed E-state index contributed by atoms with van der Waals surface area (Å²) in [6.45, 7) is 6.20. The molecule has 8 nitrogen and oxygen atoms in total. The topological polar surface area (TPSA) is 117 Å². The van der Waals surface area contributed by atoms with E-state index in [1.807, 2.05) is 35.2 Å². The molecule has 1 amide bonds. The predicted octanol–water partition coefficient (Wildman–Crippen LogP) is 5.31. The maximum Gasteiger partial charge on any atom is 0.248 e. The van der Waals surface area contributed by atoms with E-state index in [9.17, 15) is 24.9 Å². The molecule has 9 heteroatoms. The number of carbonyl (C=O) groups excluding carboxylic acids is 2. The standard InChI is InChI=1S/C35H57NO7S/c1-4-6-8-18-36(19-9-7-5-2)34(40)26-43-35(41)14-11-20-44-21-17-31-30(32(38)24-33(31)39)16-15-29(37)23-27-12-10-13-28(22-27)25-42-3/h10,12-13,15-16,22,29-32,35,37-38,41H,4-9,11,14,17-21,23-26H2,1-3H3/b16-15+/t29-,30?,31-,32-,35?/m1/s1. The van der Waals surface area contributed by atoms with Crippen LogP contribution in [0.2, 0.25) is 0 Å². The quantitative estimate of drug-likeness (QED) is 0.0796. The molecule has 3 N–H and O–H groups in total. The first kappa shape index (κ1) is 38.4. The SMILES string of the molecule is CCCCCN(CCCCC)C(=O)COC(O)CCCSCC[C@H]1C(=O)C[C@@H](O)C1/C=C/[C@@H](O)Cc1cccc(COC)c1. The number of nitrogens with zero attached hydrogens (tertiary/aromatic N) is 1. The number of hydrogen-bond acceptors (Lipinski definition) is 8. The molecule has 250 valence electrons. The zero-order valence-corrected chi connectivity index (χ0v) is 28.0. The first-order valence-electron chi connectivity index (χ1n) is 16.6. The average Bonchev–Trinajstić information content (AvgIpc) is 3.27. The number of rotatable bonds is 24. The third-order valence-corrected chi connectivity index (χ3v) is 9.27. The van der Waals surface area contributed by atoms with E-state index in [4.69, 9.17) is 9.47 Å². The third kappa shape index (κ3) is 15.0. The van der Waals surface area contributed by atoms with Crippen molar-refractivity contribution < 1.29 is 34.4 Å². The van der Waals surface area contributed by atoms with Crippen LogP contribution < -0.4 is 0 Å². The van der Waals surface area contributed by atoms with E-state index < -0.39 is 18.5 Å². The predicted molar refractivity (Wildman–Crippen MR) is 177 cm³/mol. The summed E-state index contributed by atoms with van der Waals surface area (Å²) in [4.78, 5) is 27.1. The van der Waals surface area contributed by atoms with Crippen LogP contribution in [-0.4, -0.2) is 88.7 Å². The lowest BCUT2D eigenvalue weighted by atomic mass is 9.91. The summed E-state index contributed by atoms with van der Waals surface area (Å²) in [5.41, 5.74) is 2.05. The van der Waals surface area contributed by atoms with Gasteiger partial charge in [-0.05, 0) is 54.7 Å². The Balaban J connectivity index is 1.69. The molecule has 0 aromatic heterocycles. The number of hydrogen-bond donors (Lipinski definition) is 3. The molecule has 0 radical (unpaired) electrons. The molecule has 0 aliphatic heterocycles. The van der Waals surface area contributed by atoms with Gasteiger partial charge in [-0.2, -0.15) is 11.8 Å². The van der Waals surface area contributed by atoms with Gasteiger partial charge in [0.25, 0.3) is 0 Å². The highest BCUT2D eigenvalue weighted by Gasteiger charge is 2.39. The van der Waals surface area contributed by atoms with E-state index in [0.717, 1.165) is 80.7 Å². The van der Waals surface area contributed by atoms with Gasteiger partial charge in [0, 0.05) is 44.9 Å². The number of aliphatic hydroxyl groups excluding tert-OH is 3. The summed E-state index contributed by atoms with van der Waals surface area (Å²) < 4.78 is 10.7. The van der Waals surface area contributed by atoms with Gasteiger partial charge in [0.15, 0.2) is 6.29 Å². The highest BCUT2D eigenvalue weighted by Crippen LogP contribution is 2.34. The number of ketones is 1. The third-order valence-electron chi connectivity index (χ3n) is 8.16. The minimum absolute atomic E-state index is 0.0542. The molecule has 1 aliphatic rings. The van der Waals surface area contributed by atoms with Crippen molar-refractivity contribution in [1.29, 1.82) is 0 Å². The van der Waals surface area contributed by atoms with E-state index in [-0.39, 0.29) is 36.6 Å². The maximum absolute atomic E-state index is 12.7. The summed E-state index contributed by atoms with van der Waals surface area (Å²) in [7, 11) is 1.65. The van der Waals surface area contributed by atoms with Crippen molar-refractivity contribution in [3.05, 3.63) is 47.5 Å². The van der Waals surface area contributed by atoms with Gasteiger partial charge in [0.1, 0.15) is 12.4 Å². The Morgan fingerprint density at radius 2 is 1.77 bits per heavy atom. The molecule has 1 aromatic rings. The van der Waals surface area contributed by atoms with E-state index in [1.54, 1.807) is 24.9 Å². The van der Waals surface area contributed by atoms with Crippen LogP contribution in [0.15, 0.2) is 36.4 Å². The van der Waals surface area contributed by atoms with Crippen LogP contribution in [0.1, 0.15) is 89.2 Å². The zero-order valence-electron chi connectivity index (χ0n) is 27.2. The van der Waals surface area contributed by atoms with Gasteiger partial charge in [0.2, 0.25) is 5.91 Å². The number of Topliss-reactive ketones (excluding diaryl/α,β-unsaturated/α-hetero) is 1. The lowest BCUT2D eigenvalue weighted by Crippen LogP contribution is -2.36. The van der Waals surface area contributed by atoms with E-state index in [1.165, 1.54) is 0 Å². The zero-order chi connectivity index (χ0) is 32.2. The summed E-state index contributed by atoms with van der Waals surface area (Å²) >= 11 is 1.71. The lowest BCUT2D eigenvalue weighted by molar-refractivity contribution is -0.151. The molecular weight excluding hydrogens is 578 g/mol. The van der Waals surface area contributed by atoms with Gasteiger partial charge < -0.3 is 29.7 Å². The van der Waals surface area contributed by atoms with Gasteiger partial charge >= 0.3 is 0 Å². The summed E-state index contributed by atoms with van der Waals surface area (Å²) in [6.07, 6.45) is 9.95. The molecule has 0 bridgehead atoms. The molecule has 0 heterocycles. The highest BCUT2D eigenvalue weighted by molar-refractivity contribution is 7.99. The Labute approximate surface area is 269 Å². The molecule has 1 fully saturated rings. The van der Waals surface area contributed by atoms with Crippen LogP contribution in [0.3, 0.4) is 0 Å². The highest BCUT2D eigenvalue weighted by atomic mass is 32.2. The number of carbonyl (C=O) groups is 2. The van der Waals surface area contributed by atoms with Crippen LogP contribution >= 0.6 is 11.8 Å². The van der Waals surface area contributed by atoms with Crippen molar-refractivity contribution in [2.45, 2.75) is 110 Å². The minimum Gasteiger partial charge on any atom is -0.392 e. The number of thioether (sulfide) groups is 1. The second-order valence-corrected chi connectivity index (χ2v) is 13.2. The summed E-state index contributed by atoms with van der Waals surface area (Å²) in [5, 5.41) is 31.4. The molecule has 0 saturated heterocycles. The molecule has 1 aromatic carbocycles. The average molecular weight is 636 g/mol. The van der Waals surface area contributed by atoms with Crippen LogP contribution in [-0.2, 0) is 32.1 Å². The number of unbranched alkanes of at least 4 members (excludes halogenated alkanes) is 4. The molecular formula is C35H57NO7S. The first-order valence-corrected chi connectivity index (χ1v) is 17.7. The summed E-state index contributed by atoms with van der Waals surface area (Å²) in [5.74, 6) is 1.03. The number of amides is 1. The molecule has 1 aliphatic carbocycles. The molecule has 5 atom stereocenters. The van der Waals surface area contributed by atoms with Crippen LogP contribution in [0.25, 0.3) is 0 Å². The molecule has 44 heavy (non-hydrogen) atoms. The van der Waals surface area contributed by atoms with Crippen molar-refractivity contribution in [2.24, 2.45) is 11.8 Å². The van der Waals surface area contributed by atoms with E-state index in [2.05, 4.69) is 13.8 Å². The summed E-state index contributed by atoms with van der Waals surface area (Å²) in [6, 6.07) is 7.91. The molecule has 2 rings (SSSR count). The molecule has 2 unspecified atom stereocenters. The second-order valence-electron chi connectivity index (χ2n) is 11.9. The van der Waals surface area contributed by atoms with Gasteiger partial charge in [-0.3, -0.25) is 9.59 Å².